The lowest BCUT2D eigenvalue weighted by atomic mass is 10.2. The van der Waals surface area contributed by atoms with Crippen molar-refractivity contribution in [3.8, 4) is 0 Å². The van der Waals surface area contributed by atoms with Crippen molar-refractivity contribution in [2.75, 3.05) is 6.54 Å². The number of rotatable bonds is 7. The van der Waals surface area contributed by atoms with Crippen molar-refractivity contribution in [1.82, 2.24) is 4.31 Å². The van der Waals surface area contributed by atoms with Gasteiger partial charge in [0.2, 0.25) is 15.9 Å². The third kappa shape index (κ3) is 4.70. The number of hydrogen-bond donors (Lipinski definition) is 1. The number of benzene rings is 2. The number of nitrogens with two attached hydrogens (primary N) is 1. The normalized spacial score (nSPS) is 11.6. The Labute approximate surface area is 151 Å². The van der Waals surface area contributed by atoms with Crippen molar-refractivity contribution in [2.24, 2.45) is 5.73 Å². The van der Waals surface area contributed by atoms with Gasteiger partial charge in [0.15, 0.2) is 0 Å². The van der Waals surface area contributed by atoms with Crippen molar-refractivity contribution in [3.05, 3.63) is 64.1 Å². The fourth-order valence-corrected chi connectivity index (χ4v) is 4.29. The molecule has 0 saturated carbocycles. The highest BCUT2D eigenvalue weighted by Crippen LogP contribution is 2.28. The minimum Gasteiger partial charge on any atom is -0.370 e. The molecule has 0 aliphatic carbocycles. The van der Waals surface area contributed by atoms with Gasteiger partial charge in [-0.15, -0.1) is 0 Å². The highest BCUT2D eigenvalue weighted by Gasteiger charge is 2.27. The zero-order chi connectivity index (χ0) is 17.7. The number of carbonyl (C=O) groups excluding carboxylic acids is 1. The number of carbonyl (C=O) groups is 1. The van der Waals surface area contributed by atoms with Crippen molar-refractivity contribution in [1.29, 1.82) is 0 Å². The molecule has 24 heavy (non-hydrogen) atoms. The van der Waals surface area contributed by atoms with Gasteiger partial charge in [-0.1, -0.05) is 53.5 Å². The summed E-state index contributed by atoms with van der Waals surface area (Å²) in [5, 5.41) is 0.323. The van der Waals surface area contributed by atoms with Gasteiger partial charge in [-0.3, -0.25) is 4.79 Å². The molecule has 1 amide bonds. The largest absolute Gasteiger partial charge is 0.370 e. The molecule has 0 aromatic heterocycles. The summed E-state index contributed by atoms with van der Waals surface area (Å²) in [4.78, 5) is 11.0. The summed E-state index contributed by atoms with van der Waals surface area (Å²) in [5.74, 6) is -0.583. The number of primary amides is 1. The standard InChI is InChI=1S/C16H16Cl2N2O3S/c17-13-6-7-14(18)15(10-13)24(22,23)20(9-8-16(19)21)11-12-4-2-1-3-5-12/h1-7,10H,8-9,11H2,(H2,19,21). The number of hydrogen-bond acceptors (Lipinski definition) is 3. The highest BCUT2D eigenvalue weighted by molar-refractivity contribution is 7.89. The average molecular weight is 387 g/mol. The molecule has 0 heterocycles. The Bertz CT molecular complexity index is 826. The third-order valence-electron chi connectivity index (χ3n) is 3.32. The van der Waals surface area contributed by atoms with Gasteiger partial charge in [0.05, 0.1) is 5.02 Å². The molecule has 8 heteroatoms. The predicted molar refractivity (Wildman–Crippen MR) is 94.3 cm³/mol. The lowest BCUT2D eigenvalue weighted by molar-refractivity contribution is -0.118. The predicted octanol–water partition coefficient (Wildman–Crippen LogP) is 3.06. The summed E-state index contributed by atoms with van der Waals surface area (Å²) in [5.41, 5.74) is 5.94. The van der Waals surface area contributed by atoms with Crippen LogP contribution in [-0.2, 0) is 21.4 Å². The Balaban J connectivity index is 2.40. The quantitative estimate of drug-likeness (QED) is 0.793. The van der Waals surface area contributed by atoms with E-state index in [9.17, 15) is 13.2 Å². The zero-order valence-electron chi connectivity index (χ0n) is 12.7. The first-order chi connectivity index (χ1) is 11.3. The topological polar surface area (TPSA) is 80.5 Å². The van der Waals surface area contributed by atoms with E-state index in [2.05, 4.69) is 0 Å². The Kier molecular flexibility index (Phi) is 6.23. The zero-order valence-corrected chi connectivity index (χ0v) is 15.0. The van der Waals surface area contributed by atoms with Crippen LogP contribution in [0.5, 0.6) is 0 Å². The van der Waals surface area contributed by atoms with Gasteiger partial charge in [-0.25, -0.2) is 8.42 Å². The maximum absolute atomic E-state index is 13.0. The summed E-state index contributed by atoms with van der Waals surface area (Å²) < 4.78 is 27.1. The second-order valence-electron chi connectivity index (χ2n) is 5.12. The molecule has 0 unspecified atom stereocenters. The van der Waals surface area contributed by atoms with Crippen LogP contribution < -0.4 is 5.73 Å². The highest BCUT2D eigenvalue weighted by atomic mass is 35.5. The maximum Gasteiger partial charge on any atom is 0.244 e. The Hall–Kier alpha value is -1.60. The number of halogens is 2. The van der Waals surface area contributed by atoms with E-state index in [0.29, 0.717) is 0 Å². The van der Waals surface area contributed by atoms with Crippen molar-refractivity contribution >= 4 is 39.1 Å². The van der Waals surface area contributed by atoms with Crippen LogP contribution in [0.1, 0.15) is 12.0 Å². The lowest BCUT2D eigenvalue weighted by Crippen LogP contribution is -2.33. The molecular formula is C16H16Cl2N2O3S. The van der Waals surface area contributed by atoms with Crippen LogP contribution in [0.15, 0.2) is 53.4 Å². The monoisotopic (exact) mass is 386 g/mol. The molecule has 2 aromatic rings. The van der Waals surface area contributed by atoms with Crippen LogP contribution in [0.3, 0.4) is 0 Å². The minimum absolute atomic E-state index is 0.0462. The molecule has 2 N–H and O–H groups in total. The summed E-state index contributed by atoms with van der Waals surface area (Å²) in [7, 11) is -3.94. The SMILES string of the molecule is NC(=O)CCN(Cc1ccccc1)S(=O)(=O)c1cc(Cl)ccc1Cl. The van der Waals surface area contributed by atoms with E-state index in [1.165, 1.54) is 22.5 Å². The smallest absolute Gasteiger partial charge is 0.244 e. The fraction of sp³-hybridized carbons (Fsp3) is 0.188. The van der Waals surface area contributed by atoms with Gasteiger partial charge in [0.25, 0.3) is 0 Å². The lowest BCUT2D eigenvalue weighted by Gasteiger charge is -2.22. The molecule has 2 rings (SSSR count). The molecule has 0 aliphatic heterocycles. The summed E-state index contributed by atoms with van der Waals surface area (Å²) in [6.45, 7) is 0.0503. The van der Waals surface area contributed by atoms with Crippen LogP contribution in [-0.4, -0.2) is 25.2 Å². The van der Waals surface area contributed by atoms with E-state index >= 15 is 0 Å². The first kappa shape index (κ1) is 18.7. The van der Waals surface area contributed by atoms with Gasteiger partial charge < -0.3 is 5.73 Å². The average Bonchev–Trinajstić information content (AvgIpc) is 2.54. The molecule has 128 valence electrons. The third-order valence-corrected chi connectivity index (χ3v) is 5.88. The maximum atomic E-state index is 13.0. The minimum atomic E-state index is -3.94. The Morgan fingerprint density at radius 1 is 1.08 bits per heavy atom. The first-order valence-electron chi connectivity index (χ1n) is 7.08. The van der Waals surface area contributed by atoms with E-state index in [1.54, 1.807) is 24.3 Å². The van der Waals surface area contributed by atoms with Crippen LogP contribution in [0.25, 0.3) is 0 Å². The van der Waals surface area contributed by atoms with Crippen LogP contribution in [0.4, 0.5) is 0 Å². The number of nitrogens with zero attached hydrogens (tertiary/aromatic N) is 1. The summed E-state index contributed by atoms with van der Waals surface area (Å²) in [6, 6.07) is 13.3. The van der Waals surface area contributed by atoms with Crippen LogP contribution in [0.2, 0.25) is 10.0 Å². The van der Waals surface area contributed by atoms with Gasteiger partial charge in [0, 0.05) is 24.5 Å². The van der Waals surface area contributed by atoms with Crippen LogP contribution >= 0.6 is 23.2 Å². The molecule has 0 bridgehead atoms. The first-order valence-corrected chi connectivity index (χ1v) is 9.28. The summed E-state index contributed by atoms with van der Waals surface area (Å²) >= 11 is 11.9. The molecule has 0 radical (unpaired) electrons. The molecule has 0 fully saturated rings. The summed E-state index contributed by atoms with van der Waals surface area (Å²) in [6.07, 6.45) is -0.0930. The van der Waals surface area contributed by atoms with E-state index in [4.69, 9.17) is 28.9 Å². The molecule has 0 aliphatic rings. The molecule has 2 aromatic carbocycles. The molecule has 5 nitrogen and oxygen atoms in total. The molecule has 0 spiro atoms. The van der Waals surface area contributed by atoms with Gasteiger partial charge in [0.1, 0.15) is 4.90 Å². The van der Waals surface area contributed by atoms with Crippen molar-refractivity contribution in [3.63, 3.8) is 0 Å². The fourth-order valence-electron chi connectivity index (χ4n) is 2.12. The van der Waals surface area contributed by atoms with E-state index in [0.717, 1.165) is 5.56 Å². The van der Waals surface area contributed by atoms with Gasteiger partial charge in [-0.2, -0.15) is 4.31 Å². The van der Waals surface area contributed by atoms with E-state index < -0.39 is 15.9 Å². The Morgan fingerprint density at radius 2 is 1.75 bits per heavy atom. The van der Waals surface area contributed by atoms with Crippen molar-refractivity contribution in [2.45, 2.75) is 17.9 Å². The number of amides is 1. The molecule has 0 saturated heterocycles. The molecule has 0 atom stereocenters. The van der Waals surface area contributed by atoms with Gasteiger partial charge >= 0.3 is 0 Å². The van der Waals surface area contributed by atoms with E-state index in [-0.39, 0.29) is 34.5 Å². The molecular weight excluding hydrogens is 371 g/mol. The number of sulfonamides is 1. The van der Waals surface area contributed by atoms with E-state index in [1.807, 2.05) is 6.07 Å². The van der Waals surface area contributed by atoms with Gasteiger partial charge in [-0.05, 0) is 23.8 Å². The van der Waals surface area contributed by atoms with Crippen molar-refractivity contribution < 1.29 is 13.2 Å². The second kappa shape index (κ2) is 7.98. The Morgan fingerprint density at radius 3 is 2.38 bits per heavy atom. The second-order valence-corrected chi connectivity index (χ2v) is 7.87. The van der Waals surface area contributed by atoms with Crippen LogP contribution in [0, 0.1) is 0 Å².